The van der Waals surface area contributed by atoms with Gasteiger partial charge in [-0.05, 0) is 44.2 Å². The highest BCUT2D eigenvalue weighted by Gasteiger charge is 2.41. The van der Waals surface area contributed by atoms with Crippen molar-refractivity contribution in [3.05, 3.63) is 18.0 Å². The van der Waals surface area contributed by atoms with Gasteiger partial charge >= 0.3 is 0 Å². The molecule has 3 heterocycles. The van der Waals surface area contributed by atoms with Crippen LogP contribution in [0, 0.1) is 5.92 Å². The molecule has 7 heteroatoms. The van der Waals surface area contributed by atoms with Gasteiger partial charge in [-0.3, -0.25) is 14.6 Å². The Morgan fingerprint density at radius 1 is 1.21 bits per heavy atom. The zero-order valence-electron chi connectivity index (χ0n) is 14.7. The molecule has 0 aromatic carbocycles. The predicted molar refractivity (Wildman–Crippen MR) is 107 cm³/mol. The van der Waals surface area contributed by atoms with Gasteiger partial charge < -0.3 is 10.2 Å². The van der Waals surface area contributed by atoms with Crippen molar-refractivity contribution in [1.82, 2.24) is 24.9 Å². The molecule has 2 fully saturated rings. The molecule has 4 rings (SSSR count). The average Bonchev–Trinajstić information content (AvgIpc) is 3.20. The number of likely N-dealkylation sites (tertiary alicyclic amines) is 1. The zero-order chi connectivity index (χ0) is 15.8. The third kappa shape index (κ3) is 3.56. The highest BCUT2D eigenvalue weighted by atomic mass is 127. The van der Waals surface area contributed by atoms with Crippen molar-refractivity contribution in [1.29, 1.82) is 0 Å². The zero-order valence-corrected chi connectivity index (χ0v) is 17.0. The number of piperidine rings is 1. The van der Waals surface area contributed by atoms with E-state index in [1.165, 1.54) is 37.9 Å². The molecular formula is C17H29IN6. The van der Waals surface area contributed by atoms with Crippen molar-refractivity contribution in [3.8, 4) is 0 Å². The Bertz CT molecular complexity index is 581. The number of likely N-dealkylation sites (N-methyl/N-ethyl adjacent to an activating group) is 1. The molecule has 1 saturated heterocycles. The Morgan fingerprint density at radius 3 is 2.67 bits per heavy atom. The van der Waals surface area contributed by atoms with Crippen molar-refractivity contribution in [2.75, 3.05) is 33.2 Å². The second kappa shape index (κ2) is 7.59. The lowest BCUT2D eigenvalue weighted by atomic mass is 9.86. The number of hydrogen-bond acceptors (Lipinski definition) is 5. The van der Waals surface area contributed by atoms with E-state index in [1.54, 1.807) is 0 Å². The third-order valence-corrected chi connectivity index (χ3v) is 5.55. The summed E-state index contributed by atoms with van der Waals surface area (Å²) in [6.07, 6.45) is 7.25. The minimum absolute atomic E-state index is 0. The highest BCUT2D eigenvalue weighted by Crippen LogP contribution is 2.42. The van der Waals surface area contributed by atoms with E-state index in [0.29, 0.717) is 12.0 Å². The number of halogens is 1. The van der Waals surface area contributed by atoms with Crippen LogP contribution in [0.4, 0.5) is 0 Å². The van der Waals surface area contributed by atoms with Crippen molar-refractivity contribution >= 4 is 29.9 Å². The molecule has 0 spiro atoms. The molecule has 2 aliphatic heterocycles. The van der Waals surface area contributed by atoms with Crippen LogP contribution in [0.1, 0.15) is 37.4 Å². The van der Waals surface area contributed by atoms with Crippen molar-refractivity contribution in [3.63, 3.8) is 0 Å². The molecule has 3 aliphatic rings. The van der Waals surface area contributed by atoms with Crippen molar-refractivity contribution in [2.24, 2.45) is 18.0 Å². The van der Waals surface area contributed by atoms with Gasteiger partial charge in [0.1, 0.15) is 0 Å². The van der Waals surface area contributed by atoms with E-state index in [-0.39, 0.29) is 24.0 Å². The minimum Gasteiger partial charge on any atom is -0.356 e. The first-order chi connectivity index (χ1) is 11.2. The van der Waals surface area contributed by atoms with Gasteiger partial charge in [0.05, 0.1) is 18.3 Å². The average molecular weight is 444 g/mol. The van der Waals surface area contributed by atoms with Crippen LogP contribution in [0.25, 0.3) is 0 Å². The summed E-state index contributed by atoms with van der Waals surface area (Å²) in [7, 11) is 4.20. The van der Waals surface area contributed by atoms with Crippen molar-refractivity contribution < 1.29 is 0 Å². The molecule has 0 bridgehead atoms. The fraction of sp³-hybridized carbons (Fsp3) is 0.765. The van der Waals surface area contributed by atoms with Crippen LogP contribution in [0.5, 0.6) is 0 Å². The van der Waals surface area contributed by atoms with E-state index in [0.717, 1.165) is 31.6 Å². The number of aromatic nitrogens is 2. The van der Waals surface area contributed by atoms with Crippen LogP contribution in [0.15, 0.2) is 17.3 Å². The number of nitrogens with one attached hydrogen (secondary N) is 1. The quantitative estimate of drug-likeness (QED) is 0.721. The van der Waals surface area contributed by atoms with E-state index in [9.17, 15) is 0 Å². The summed E-state index contributed by atoms with van der Waals surface area (Å²) in [6, 6.07) is 3.49. The molecular weight excluding hydrogens is 415 g/mol. The summed E-state index contributed by atoms with van der Waals surface area (Å²) in [5.41, 5.74) is 1.37. The molecule has 6 nitrogen and oxygen atoms in total. The second-order valence-electron chi connectivity index (χ2n) is 7.20. The smallest absolute Gasteiger partial charge is 0.193 e. The van der Waals surface area contributed by atoms with Gasteiger partial charge in [0.15, 0.2) is 5.96 Å². The Labute approximate surface area is 161 Å². The standard InChI is InChI=1S/C17H28N6.HI/c1-21-11-9-18-17(21)19-12-13-4-3-10-23(14-5-6-14)16(13)15-7-8-20-22(15)2;/h7-8,13-14,16H,3-6,9-12H2,1-2H3,(H,18,19);1H/t13-,16+;/m0./s1. The Morgan fingerprint density at radius 2 is 2.04 bits per heavy atom. The van der Waals surface area contributed by atoms with Crippen LogP contribution in [0.3, 0.4) is 0 Å². The van der Waals surface area contributed by atoms with E-state index < -0.39 is 0 Å². The maximum Gasteiger partial charge on any atom is 0.193 e. The van der Waals surface area contributed by atoms with E-state index in [4.69, 9.17) is 0 Å². The number of rotatable bonds is 4. The minimum atomic E-state index is 0. The van der Waals surface area contributed by atoms with Gasteiger partial charge in [0, 0.05) is 39.4 Å². The number of aliphatic imine (C=N–C) groups is 1. The first-order valence-corrected chi connectivity index (χ1v) is 8.97. The Hall–Kier alpha value is -0.830. The largest absolute Gasteiger partial charge is 0.356 e. The fourth-order valence-electron chi connectivity index (χ4n) is 4.16. The molecule has 0 amide bonds. The summed E-state index contributed by atoms with van der Waals surface area (Å²) < 4.78 is 2.07. The number of nitrogens with zero attached hydrogens (tertiary/aromatic N) is 5. The molecule has 134 valence electrons. The molecule has 0 radical (unpaired) electrons. The van der Waals surface area contributed by atoms with Gasteiger partial charge in [0.2, 0.25) is 0 Å². The Balaban J connectivity index is 0.00000169. The molecule has 1 saturated carbocycles. The maximum atomic E-state index is 4.57. The molecule has 2 atom stereocenters. The van der Waals surface area contributed by atoms with Gasteiger partial charge in [0.25, 0.3) is 0 Å². The van der Waals surface area contributed by atoms with Crippen LogP contribution < -0.4 is 5.32 Å². The first kappa shape index (κ1) is 18.0. The summed E-state index contributed by atoms with van der Waals surface area (Å²) in [6.45, 7) is 4.19. The van der Waals surface area contributed by atoms with Gasteiger partial charge in [-0.15, -0.1) is 24.0 Å². The third-order valence-electron chi connectivity index (χ3n) is 5.55. The lowest BCUT2D eigenvalue weighted by molar-refractivity contribution is 0.0798. The summed E-state index contributed by atoms with van der Waals surface area (Å²) in [4.78, 5) is 9.54. The number of guanidine groups is 1. The molecule has 1 aliphatic carbocycles. The van der Waals surface area contributed by atoms with Crippen LogP contribution in [-0.4, -0.2) is 64.8 Å². The summed E-state index contributed by atoms with van der Waals surface area (Å²) >= 11 is 0. The molecule has 1 N–H and O–H groups in total. The lowest BCUT2D eigenvalue weighted by Crippen LogP contribution is -2.46. The number of hydrogen-bond donors (Lipinski definition) is 1. The second-order valence-corrected chi connectivity index (χ2v) is 7.20. The van der Waals surface area contributed by atoms with Crippen LogP contribution >= 0.6 is 24.0 Å². The molecule has 1 aromatic rings. The summed E-state index contributed by atoms with van der Waals surface area (Å²) in [5.74, 6) is 1.69. The fourth-order valence-corrected chi connectivity index (χ4v) is 4.16. The van der Waals surface area contributed by atoms with Gasteiger partial charge in [-0.1, -0.05) is 0 Å². The van der Waals surface area contributed by atoms with Crippen LogP contribution in [0.2, 0.25) is 0 Å². The summed E-state index contributed by atoms with van der Waals surface area (Å²) in [5, 5.41) is 8.04. The predicted octanol–water partition coefficient (Wildman–Crippen LogP) is 1.84. The number of aryl methyl sites for hydroxylation is 1. The van der Waals surface area contributed by atoms with Crippen LogP contribution in [-0.2, 0) is 7.05 Å². The van der Waals surface area contributed by atoms with Gasteiger partial charge in [-0.25, -0.2) is 0 Å². The Kier molecular flexibility index (Phi) is 5.69. The molecule has 0 unspecified atom stereocenters. The van der Waals surface area contributed by atoms with Gasteiger partial charge in [-0.2, -0.15) is 5.10 Å². The van der Waals surface area contributed by atoms with E-state index in [1.807, 2.05) is 6.20 Å². The highest BCUT2D eigenvalue weighted by molar-refractivity contribution is 14.0. The van der Waals surface area contributed by atoms with E-state index in [2.05, 4.69) is 50.1 Å². The first-order valence-electron chi connectivity index (χ1n) is 8.97. The van der Waals surface area contributed by atoms with E-state index >= 15 is 0 Å². The topological polar surface area (TPSA) is 48.7 Å². The lowest BCUT2D eigenvalue weighted by Gasteiger charge is -2.42. The molecule has 1 aromatic heterocycles. The maximum absolute atomic E-state index is 4.57. The normalized spacial score (nSPS) is 27.8. The van der Waals surface area contributed by atoms with Crippen molar-refractivity contribution in [2.45, 2.75) is 37.8 Å². The molecule has 24 heavy (non-hydrogen) atoms. The monoisotopic (exact) mass is 444 g/mol. The SMILES string of the molecule is CN1CCN=C1NC[C@@H]1CCCN(C2CC2)[C@H]1c1ccnn1C.I.